The summed E-state index contributed by atoms with van der Waals surface area (Å²) in [5.41, 5.74) is 1.78. The third-order valence-electron chi connectivity index (χ3n) is 3.55. The Labute approximate surface area is 119 Å². The number of fused-ring (bicyclic) bond motifs is 1. The van der Waals surface area contributed by atoms with E-state index in [0.29, 0.717) is 12.0 Å². The molecule has 1 amide bonds. The molecule has 3 rings (SSSR count). The molecule has 0 fully saturated rings. The molecule has 0 unspecified atom stereocenters. The minimum Gasteiger partial charge on any atom is -0.307 e. The summed E-state index contributed by atoms with van der Waals surface area (Å²) in [5, 5.41) is 0. The highest BCUT2D eigenvalue weighted by molar-refractivity contribution is 6.01. The van der Waals surface area contributed by atoms with Crippen molar-refractivity contribution in [2.75, 3.05) is 4.90 Å². The van der Waals surface area contributed by atoms with Gasteiger partial charge in [0.05, 0.1) is 18.5 Å². The Kier molecular flexibility index (Phi) is 3.20. The van der Waals surface area contributed by atoms with Crippen LogP contribution in [0.25, 0.3) is 0 Å². The van der Waals surface area contributed by atoms with Gasteiger partial charge in [-0.15, -0.1) is 0 Å². The number of hydrogen-bond acceptors (Lipinski definition) is 1. The Morgan fingerprint density at radius 2 is 1.67 bits per heavy atom. The van der Waals surface area contributed by atoms with E-state index in [-0.39, 0.29) is 12.5 Å². The first-order chi connectivity index (χ1) is 9.95. The monoisotopic (exact) mass is 291 g/mol. The van der Waals surface area contributed by atoms with Crippen LogP contribution in [0.2, 0.25) is 0 Å². The van der Waals surface area contributed by atoms with Crippen LogP contribution >= 0.6 is 0 Å². The van der Waals surface area contributed by atoms with E-state index in [1.807, 2.05) is 24.3 Å². The molecule has 1 aliphatic heterocycles. The first-order valence-corrected chi connectivity index (χ1v) is 6.49. The molecule has 1 aliphatic rings. The van der Waals surface area contributed by atoms with Crippen LogP contribution in [0.4, 0.5) is 18.9 Å². The third-order valence-corrected chi connectivity index (χ3v) is 3.55. The van der Waals surface area contributed by atoms with E-state index in [1.54, 1.807) is 4.90 Å². The van der Waals surface area contributed by atoms with Crippen molar-refractivity contribution < 1.29 is 18.0 Å². The Bertz CT molecular complexity index is 677. The third kappa shape index (κ3) is 2.63. The van der Waals surface area contributed by atoms with Gasteiger partial charge in [0, 0.05) is 5.69 Å². The molecule has 0 saturated heterocycles. The van der Waals surface area contributed by atoms with Gasteiger partial charge >= 0.3 is 6.18 Å². The van der Waals surface area contributed by atoms with Gasteiger partial charge < -0.3 is 4.90 Å². The lowest BCUT2D eigenvalue weighted by atomic mass is 10.1. The summed E-state index contributed by atoms with van der Waals surface area (Å²) in [4.78, 5) is 13.6. The fourth-order valence-electron chi connectivity index (χ4n) is 2.47. The van der Waals surface area contributed by atoms with Crippen LogP contribution in [0.3, 0.4) is 0 Å². The number of rotatable bonds is 2. The summed E-state index contributed by atoms with van der Waals surface area (Å²) in [7, 11) is 0. The molecule has 0 aliphatic carbocycles. The predicted molar refractivity (Wildman–Crippen MR) is 72.8 cm³/mol. The number of halogens is 3. The molecule has 0 atom stereocenters. The highest BCUT2D eigenvalue weighted by atomic mass is 19.4. The zero-order chi connectivity index (χ0) is 15.0. The van der Waals surface area contributed by atoms with E-state index >= 15 is 0 Å². The van der Waals surface area contributed by atoms with E-state index < -0.39 is 11.7 Å². The Balaban J connectivity index is 1.83. The van der Waals surface area contributed by atoms with Gasteiger partial charge in [0.1, 0.15) is 0 Å². The average molecular weight is 291 g/mol. The smallest absolute Gasteiger partial charge is 0.307 e. The van der Waals surface area contributed by atoms with E-state index in [9.17, 15) is 18.0 Å². The fourth-order valence-corrected chi connectivity index (χ4v) is 2.47. The lowest BCUT2D eigenvalue weighted by Gasteiger charge is -2.18. The first kappa shape index (κ1) is 13.7. The van der Waals surface area contributed by atoms with Crippen molar-refractivity contribution in [3.05, 3.63) is 65.2 Å². The zero-order valence-corrected chi connectivity index (χ0v) is 11.0. The molecule has 0 spiro atoms. The lowest BCUT2D eigenvalue weighted by Crippen LogP contribution is -2.26. The largest absolute Gasteiger partial charge is 0.416 e. The molecule has 0 N–H and O–H groups in total. The number of carbonyl (C=O) groups is 1. The molecular formula is C16H12F3NO. The second kappa shape index (κ2) is 4.91. The van der Waals surface area contributed by atoms with E-state index in [1.165, 1.54) is 12.1 Å². The Morgan fingerprint density at radius 1 is 1.00 bits per heavy atom. The zero-order valence-electron chi connectivity index (χ0n) is 11.0. The molecule has 1 heterocycles. The number of anilines is 1. The molecule has 21 heavy (non-hydrogen) atoms. The number of benzene rings is 2. The average Bonchev–Trinajstić information content (AvgIpc) is 2.75. The summed E-state index contributed by atoms with van der Waals surface area (Å²) in [6.45, 7) is 0.286. The number of para-hydroxylation sites is 1. The van der Waals surface area contributed by atoms with Gasteiger partial charge in [0.2, 0.25) is 5.91 Å². The Hall–Kier alpha value is -2.30. The normalized spacial score (nSPS) is 14.4. The molecule has 108 valence electrons. The quantitative estimate of drug-likeness (QED) is 0.824. The van der Waals surface area contributed by atoms with Gasteiger partial charge in [0.25, 0.3) is 0 Å². The van der Waals surface area contributed by atoms with E-state index in [4.69, 9.17) is 0 Å². The maximum Gasteiger partial charge on any atom is 0.416 e. The van der Waals surface area contributed by atoms with Gasteiger partial charge in [-0.05, 0) is 29.3 Å². The predicted octanol–water partition coefficient (Wildman–Crippen LogP) is 3.79. The van der Waals surface area contributed by atoms with Gasteiger partial charge in [-0.1, -0.05) is 30.3 Å². The number of alkyl halides is 3. The SMILES string of the molecule is O=C1Cc2ccccc2N1Cc1ccc(C(F)(F)F)cc1. The molecule has 0 saturated carbocycles. The minimum absolute atomic E-state index is 0.0314. The van der Waals surface area contributed by atoms with Crippen LogP contribution in [-0.4, -0.2) is 5.91 Å². The van der Waals surface area contributed by atoms with Gasteiger partial charge in [-0.3, -0.25) is 4.79 Å². The standard InChI is InChI=1S/C16H12F3NO/c17-16(18,19)13-7-5-11(6-8-13)10-20-14-4-2-1-3-12(14)9-15(20)21/h1-8H,9-10H2. The Morgan fingerprint density at radius 3 is 2.33 bits per heavy atom. The molecule has 0 aromatic heterocycles. The van der Waals surface area contributed by atoms with E-state index in [2.05, 4.69) is 0 Å². The molecule has 5 heteroatoms. The van der Waals surface area contributed by atoms with Crippen LogP contribution in [-0.2, 0) is 23.9 Å². The summed E-state index contributed by atoms with van der Waals surface area (Å²) >= 11 is 0. The van der Waals surface area contributed by atoms with E-state index in [0.717, 1.165) is 23.4 Å². The van der Waals surface area contributed by atoms with Crippen molar-refractivity contribution in [3.63, 3.8) is 0 Å². The molecular weight excluding hydrogens is 279 g/mol. The molecule has 0 radical (unpaired) electrons. The highest BCUT2D eigenvalue weighted by Crippen LogP contribution is 2.31. The number of nitrogens with zero attached hydrogens (tertiary/aromatic N) is 1. The second-order valence-corrected chi connectivity index (χ2v) is 4.98. The second-order valence-electron chi connectivity index (χ2n) is 4.98. The molecule has 2 aromatic carbocycles. The topological polar surface area (TPSA) is 20.3 Å². The maximum atomic E-state index is 12.5. The number of amides is 1. The molecule has 0 bridgehead atoms. The first-order valence-electron chi connectivity index (χ1n) is 6.49. The van der Waals surface area contributed by atoms with Crippen molar-refractivity contribution in [1.29, 1.82) is 0 Å². The van der Waals surface area contributed by atoms with Gasteiger partial charge in [0.15, 0.2) is 0 Å². The number of carbonyl (C=O) groups excluding carboxylic acids is 1. The van der Waals surface area contributed by atoms with Gasteiger partial charge in [-0.25, -0.2) is 0 Å². The molecule has 2 nitrogen and oxygen atoms in total. The van der Waals surface area contributed by atoms with Crippen molar-refractivity contribution in [3.8, 4) is 0 Å². The summed E-state index contributed by atoms with van der Waals surface area (Å²) < 4.78 is 37.6. The molecule has 2 aromatic rings. The van der Waals surface area contributed by atoms with Crippen molar-refractivity contribution in [1.82, 2.24) is 0 Å². The van der Waals surface area contributed by atoms with Crippen molar-refractivity contribution in [2.45, 2.75) is 19.1 Å². The highest BCUT2D eigenvalue weighted by Gasteiger charge is 2.30. The van der Waals surface area contributed by atoms with Crippen LogP contribution in [0.15, 0.2) is 48.5 Å². The van der Waals surface area contributed by atoms with Crippen LogP contribution < -0.4 is 4.90 Å². The van der Waals surface area contributed by atoms with Crippen molar-refractivity contribution >= 4 is 11.6 Å². The van der Waals surface area contributed by atoms with Gasteiger partial charge in [-0.2, -0.15) is 13.2 Å². The number of hydrogen-bond donors (Lipinski definition) is 0. The van der Waals surface area contributed by atoms with Crippen LogP contribution in [0.1, 0.15) is 16.7 Å². The summed E-state index contributed by atoms with van der Waals surface area (Å²) in [6.07, 6.45) is -3.99. The lowest BCUT2D eigenvalue weighted by molar-refractivity contribution is -0.137. The maximum absolute atomic E-state index is 12.5. The minimum atomic E-state index is -4.34. The summed E-state index contributed by atoms with van der Waals surface area (Å²) in [6, 6.07) is 12.4. The van der Waals surface area contributed by atoms with Crippen molar-refractivity contribution in [2.24, 2.45) is 0 Å². The summed E-state index contributed by atoms with van der Waals surface area (Å²) in [5.74, 6) is -0.0314. The van der Waals surface area contributed by atoms with Crippen LogP contribution in [0, 0.1) is 0 Å². The fraction of sp³-hybridized carbons (Fsp3) is 0.188. The van der Waals surface area contributed by atoms with Crippen LogP contribution in [0.5, 0.6) is 0 Å².